The number of halogens is 1. The van der Waals surface area contributed by atoms with Crippen LogP contribution < -0.4 is 4.74 Å². The lowest BCUT2D eigenvalue weighted by Crippen LogP contribution is -2.53. The lowest BCUT2D eigenvalue weighted by atomic mass is 10.0. The average Bonchev–Trinajstić information content (AvgIpc) is 2.93. The Morgan fingerprint density at radius 3 is 2.50 bits per heavy atom. The zero-order valence-corrected chi connectivity index (χ0v) is 16.2. The molecule has 0 saturated carbocycles. The minimum Gasteiger partial charge on any atom is -0.484 e. The summed E-state index contributed by atoms with van der Waals surface area (Å²) in [5.41, 5.74) is 0. The maximum Gasteiger partial charge on any atom is 0.260 e. The van der Waals surface area contributed by atoms with Crippen molar-refractivity contribution >= 4 is 21.8 Å². The van der Waals surface area contributed by atoms with Crippen molar-refractivity contribution in [1.82, 2.24) is 9.80 Å². The molecule has 3 atom stereocenters. The van der Waals surface area contributed by atoms with Gasteiger partial charge in [0.05, 0.1) is 0 Å². The van der Waals surface area contributed by atoms with Gasteiger partial charge in [-0.25, -0.2) is 0 Å². The summed E-state index contributed by atoms with van der Waals surface area (Å²) in [5, 5.41) is 0. The molecule has 0 aliphatic carbocycles. The van der Waals surface area contributed by atoms with Crippen LogP contribution in [0, 0.1) is 0 Å². The van der Waals surface area contributed by atoms with Crippen molar-refractivity contribution in [2.45, 2.75) is 57.7 Å². The summed E-state index contributed by atoms with van der Waals surface area (Å²) in [7, 11) is 0. The Morgan fingerprint density at radius 1 is 1.17 bits per heavy atom. The van der Waals surface area contributed by atoms with Gasteiger partial charge in [0.25, 0.3) is 5.91 Å². The van der Waals surface area contributed by atoms with Crippen LogP contribution in [-0.4, -0.2) is 53.5 Å². The number of rotatable bonds is 4. The van der Waals surface area contributed by atoms with Gasteiger partial charge in [0.2, 0.25) is 0 Å². The molecule has 0 bridgehead atoms. The van der Waals surface area contributed by atoms with Crippen molar-refractivity contribution in [2.24, 2.45) is 0 Å². The van der Waals surface area contributed by atoms with Gasteiger partial charge in [0.1, 0.15) is 5.75 Å². The topological polar surface area (TPSA) is 32.8 Å². The molecule has 132 valence electrons. The van der Waals surface area contributed by atoms with Crippen molar-refractivity contribution in [3.63, 3.8) is 0 Å². The van der Waals surface area contributed by atoms with Crippen molar-refractivity contribution in [3.05, 3.63) is 28.7 Å². The van der Waals surface area contributed by atoms with Crippen LogP contribution in [0.2, 0.25) is 0 Å². The fraction of sp³-hybridized carbons (Fsp3) is 0.632. The normalized spacial score (nSPS) is 28.1. The molecule has 0 N–H and O–H groups in total. The third-order valence-corrected chi connectivity index (χ3v) is 5.90. The summed E-state index contributed by atoms with van der Waals surface area (Å²) in [6.45, 7) is 6.47. The Morgan fingerprint density at radius 2 is 1.83 bits per heavy atom. The molecule has 0 radical (unpaired) electrons. The molecule has 4 nitrogen and oxygen atoms in total. The van der Waals surface area contributed by atoms with E-state index in [-0.39, 0.29) is 12.5 Å². The minimum absolute atomic E-state index is 0.0992. The Kier molecular flexibility index (Phi) is 5.82. The molecular formula is C19H27BrN2O2. The number of ether oxygens (including phenoxy) is 1. The van der Waals surface area contributed by atoms with Crippen LogP contribution in [0.25, 0.3) is 0 Å². The van der Waals surface area contributed by atoms with Crippen molar-refractivity contribution in [1.29, 1.82) is 0 Å². The summed E-state index contributed by atoms with van der Waals surface area (Å²) >= 11 is 3.40. The van der Waals surface area contributed by atoms with E-state index in [1.165, 1.54) is 19.3 Å². The van der Waals surface area contributed by atoms with E-state index in [4.69, 9.17) is 4.74 Å². The first-order chi connectivity index (χ1) is 11.5. The Balaban J connectivity index is 1.54. The monoisotopic (exact) mass is 394 g/mol. The molecule has 2 aliphatic heterocycles. The SMILES string of the molecule is C[C@@H]1CC[C@H](C)N1[C@H]1CCCN(C(=O)COc2ccc(Br)cc2)C1. The van der Waals surface area contributed by atoms with Crippen LogP contribution >= 0.6 is 15.9 Å². The van der Waals surface area contributed by atoms with Crippen molar-refractivity contribution < 1.29 is 9.53 Å². The maximum atomic E-state index is 12.5. The summed E-state index contributed by atoms with van der Waals surface area (Å²) in [4.78, 5) is 17.2. The number of amides is 1. The first-order valence-electron chi connectivity index (χ1n) is 8.98. The molecule has 2 aliphatic rings. The molecule has 0 aromatic heterocycles. The van der Waals surface area contributed by atoms with E-state index in [0.717, 1.165) is 29.7 Å². The van der Waals surface area contributed by atoms with Crippen LogP contribution in [0.1, 0.15) is 39.5 Å². The molecule has 0 spiro atoms. The number of carbonyl (C=O) groups is 1. The summed E-state index contributed by atoms with van der Waals surface area (Å²) < 4.78 is 6.66. The van der Waals surface area contributed by atoms with Crippen molar-refractivity contribution in [3.8, 4) is 5.75 Å². The number of nitrogens with zero attached hydrogens (tertiary/aromatic N) is 2. The minimum atomic E-state index is 0.0992. The van der Waals surface area contributed by atoms with Gasteiger partial charge in [0.15, 0.2) is 6.61 Å². The molecule has 5 heteroatoms. The average molecular weight is 395 g/mol. The fourth-order valence-electron chi connectivity index (χ4n) is 4.13. The van der Waals surface area contributed by atoms with Crippen LogP contribution in [0.5, 0.6) is 5.75 Å². The van der Waals surface area contributed by atoms with Crippen LogP contribution in [-0.2, 0) is 4.79 Å². The van der Waals surface area contributed by atoms with Crippen molar-refractivity contribution in [2.75, 3.05) is 19.7 Å². The number of hydrogen-bond acceptors (Lipinski definition) is 3. The molecule has 24 heavy (non-hydrogen) atoms. The highest BCUT2D eigenvalue weighted by Crippen LogP contribution is 2.29. The van der Waals surface area contributed by atoms with E-state index in [2.05, 4.69) is 34.7 Å². The maximum absolute atomic E-state index is 12.5. The van der Waals surface area contributed by atoms with Gasteiger partial charge >= 0.3 is 0 Å². The molecule has 1 aromatic rings. The van der Waals surface area contributed by atoms with Gasteiger partial charge in [-0.15, -0.1) is 0 Å². The molecule has 0 unspecified atom stereocenters. The zero-order valence-electron chi connectivity index (χ0n) is 14.6. The molecule has 1 amide bonds. The number of carbonyl (C=O) groups excluding carboxylic acids is 1. The molecule has 3 rings (SSSR count). The smallest absolute Gasteiger partial charge is 0.260 e. The summed E-state index contributed by atoms with van der Waals surface area (Å²) in [6, 6.07) is 9.38. The zero-order chi connectivity index (χ0) is 17.1. The highest BCUT2D eigenvalue weighted by atomic mass is 79.9. The Labute approximate surface area is 153 Å². The third-order valence-electron chi connectivity index (χ3n) is 5.37. The first kappa shape index (κ1) is 17.7. The summed E-state index contributed by atoms with van der Waals surface area (Å²) in [5.74, 6) is 0.837. The molecule has 2 fully saturated rings. The van der Waals surface area contributed by atoms with Gasteiger partial charge in [-0.1, -0.05) is 15.9 Å². The number of benzene rings is 1. The lowest BCUT2D eigenvalue weighted by molar-refractivity contribution is -0.135. The van der Waals surface area contributed by atoms with E-state index < -0.39 is 0 Å². The second kappa shape index (κ2) is 7.87. The predicted molar refractivity (Wildman–Crippen MR) is 99.2 cm³/mol. The van der Waals surface area contributed by atoms with E-state index >= 15 is 0 Å². The quantitative estimate of drug-likeness (QED) is 0.780. The third kappa shape index (κ3) is 4.12. The van der Waals surface area contributed by atoms with Crippen LogP contribution in [0.4, 0.5) is 0 Å². The molecule has 1 aromatic carbocycles. The first-order valence-corrected chi connectivity index (χ1v) is 9.77. The van der Waals surface area contributed by atoms with Gasteiger partial charge < -0.3 is 9.64 Å². The predicted octanol–water partition coefficient (Wildman–Crippen LogP) is 3.69. The van der Waals surface area contributed by atoms with E-state index in [0.29, 0.717) is 18.1 Å². The molecular weight excluding hydrogens is 368 g/mol. The van der Waals surface area contributed by atoms with Crippen LogP contribution in [0.3, 0.4) is 0 Å². The van der Waals surface area contributed by atoms with E-state index in [9.17, 15) is 4.79 Å². The largest absolute Gasteiger partial charge is 0.484 e. The Hall–Kier alpha value is -1.07. The number of piperidine rings is 1. The Bertz CT molecular complexity index is 553. The highest BCUT2D eigenvalue weighted by Gasteiger charge is 2.36. The van der Waals surface area contributed by atoms with Gasteiger partial charge in [-0.05, 0) is 63.8 Å². The number of likely N-dealkylation sites (tertiary alicyclic amines) is 2. The van der Waals surface area contributed by atoms with Crippen LogP contribution in [0.15, 0.2) is 28.7 Å². The highest BCUT2D eigenvalue weighted by molar-refractivity contribution is 9.10. The second-order valence-electron chi connectivity index (χ2n) is 7.10. The van der Waals surface area contributed by atoms with Gasteiger partial charge in [0, 0.05) is 35.7 Å². The van der Waals surface area contributed by atoms with E-state index in [1.807, 2.05) is 29.2 Å². The fourth-order valence-corrected chi connectivity index (χ4v) is 4.39. The number of hydrogen-bond donors (Lipinski definition) is 0. The van der Waals surface area contributed by atoms with E-state index in [1.54, 1.807) is 0 Å². The molecule has 2 heterocycles. The van der Waals surface area contributed by atoms with Gasteiger partial charge in [-0.3, -0.25) is 9.69 Å². The van der Waals surface area contributed by atoms with Gasteiger partial charge in [-0.2, -0.15) is 0 Å². The second-order valence-corrected chi connectivity index (χ2v) is 8.02. The summed E-state index contributed by atoms with van der Waals surface area (Å²) in [6.07, 6.45) is 4.84. The lowest BCUT2D eigenvalue weighted by Gasteiger charge is -2.41. The molecule has 2 saturated heterocycles. The standard InChI is InChI=1S/C19H27BrN2O2/c1-14-5-6-15(2)22(14)17-4-3-11-21(12-17)19(23)13-24-18-9-7-16(20)8-10-18/h7-10,14-15,17H,3-6,11-13H2,1-2H3/t14-,15+,17-/m0/s1.